The van der Waals surface area contributed by atoms with Gasteiger partial charge in [0.05, 0.1) is 6.04 Å². The van der Waals surface area contributed by atoms with Crippen LogP contribution in [0.4, 0.5) is 0 Å². The first-order chi connectivity index (χ1) is 12.7. The van der Waals surface area contributed by atoms with E-state index in [1.807, 2.05) is 36.4 Å². The SMILES string of the molecule is O=C(N[C@@H](c1ccncc1)c1ccc(Cl)cc1)C1Oc2ccccc2O1. The molecule has 1 atom stereocenters. The number of nitrogens with one attached hydrogen (secondary N) is 1. The number of nitrogens with zero attached hydrogens (tertiary/aromatic N) is 1. The lowest BCUT2D eigenvalue weighted by Crippen LogP contribution is -2.41. The van der Waals surface area contributed by atoms with Crippen molar-refractivity contribution in [1.82, 2.24) is 10.3 Å². The number of carbonyl (C=O) groups excluding carboxylic acids is 1. The zero-order valence-electron chi connectivity index (χ0n) is 13.6. The maximum Gasteiger partial charge on any atom is 0.321 e. The molecule has 0 saturated carbocycles. The molecule has 3 aromatic rings. The predicted octanol–water partition coefficient (Wildman–Crippen LogP) is 3.74. The van der Waals surface area contributed by atoms with Gasteiger partial charge in [0.25, 0.3) is 0 Å². The molecular formula is C20H15ClN2O3. The lowest BCUT2D eigenvalue weighted by molar-refractivity contribution is -0.137. The number of hydrogen-bond donors (Lipinski definition) is 1. The van der Waals surface area contributed by atoms with E-state index < -0.39 is 6.29 Å². The summed E-state index contributed by atoms with van der Waals surface area (Å²) in [7, 11) is 0. The number of benzene rings is 2. The van der Waals surface area contributed by atoms with Crippen LogP contribution >= 0.6 is 11.6 Å². The van der Waals surface area contributed by atoms with Gasteiger partial charge in [-0.25, -0.2) is 0 Å². The second-order valence-electron chi connectivity index (χ2n) is 5.79. The van der Waals surface area contributed by atoms with Gasteiger partial charge in [-0.2, -0.15) is 0 Å². The Bertz CT molecular complexity index is 891. The topological polar surface area (TPSA) is 60.5 Å². The van der Waals surface area contributed by atoms with Crippen LogP contribution in [0.2, 0.25) is 5.02 Å². The average molecular weight is 367 g/mol. The van der Waals surface area contributed by atoms with Crippen molar-refractivity contribution in [3.63, 3.8) is 0 Å². The van der Waals surface area contributed by atoms with Crippen LogP contribution in [-0.2, 0) is 4.79 Å². The molecule has 26 heavy (non-hydrogen) atoms. The minimum Gasteiger partial charge on any atom is -0.442 e. The zero-order chi connectivity index (χ0) is 17.9. The third-order valence-corrected chi connectivity index (χ3v) is 4.31. The van der Waals surface area contributed by atoms with E-state index in [1.165, 1.54) is 0 Å². The molecule has 2 aromatic carbocycles. The van der Waals surface area contributed by atoms with Crippen LogP contribution < -0.4 is 14.8 Å². The summed E-state index contributed by atoms with van der Waals surface area (Å²) in [6.45, 7) is 0. The Morgan fingerprint density at radius 1 is 0.923 bits per heavy atom. The molecule has 6 heteroatoms. The van der Waals surface area contributed by atoms with Gasteiger partial charge in [0, 0.05) is 17.4 Å². The summed E-state index contributed by atoms with van der Waals surface area (Å²) in [5, 5.41) is 3.62. The summed E-state index contributed by atoms with van der Waals surface area (Å²) in [4.78, 5) is 16.8. The smallest absolute Gasteiger partial charge is 0.321 e. The minimum atomic E-state index is -1.02. The molecule has 0 aliphatic carbocycles. The number of fused-ring (bicyclic) bond motifs is 1. The van der Waals surface area contributed by atoms with E-state index in [2.05, 4.69) is 10.3 Å². The molecule has 0 radical (unpaired) electrons. The average Bonchev–Trinajstić information content (AvgIpc) is 3.12. The Balaban J connectivity index is 1.57. The Morgan fingerprint density at radius 3 is 2.12 bits per heavy atom. The first-order valence-corrected chi connectivity index (χ1v) is 8.46. The number of hydrogen-bond acceptors (Lipinski definition) is 4. The highest BCUT2D eigenvalue weighted by molar-refractivity contribution is 6.30. The molecule has 4 rings (SSSR count). The molecule has 0 fully saturated rings. The molecule has 0 bridgehead atoms. The van der Waals surface area contributed by atoms with Gasteiger partial charge < -0.3 is 14.8 Å². The van der Waals surface area contributed by atoms with Crippen molar-refractivity contribution in [1.29, 1.82) is 0 Å². The molecule has 0 saturated heterocycles. The van der Waals surface area contributed by atoms with Crippen molar-refractivity contribution in [2.24, 2.45) is 0 Å². The van der Waals surface area contributed by atoms with Gasteiger partial charge in [0.2, 0.25) is 0 Å². The Kier molecular flexibility index (Phi) is 4.46. The first kappa shape index (κ1) is 16.4. The van der Waals surface area contributed by atoms with Crippen LogP contribution in [-0.4, -0.2) is 17.2 Å². The predicted molar refractivity (Wildman–Crippen MR) is 97.2 cm³/mol. The second-order valence-corrected chi connectivity index (χ2v) is 6.22. The largest absolute Gasteiger partial charge is 0.442 e. The fraction of sp³-hybridized carbons (Fsp3) is 0.100. The van der Waals surface area contributed by atoms with Crippen LogP contribution in [0, 0.1) is 0 Å². The van der Waals surface area contributed by atoms with Crippen LogP contribution in [0.25, 0.3) is 0 Å². The van der Waals surface area contributed by atoms with Crippen molar-refractivity contribution in [2.75, 3.05) is 0 Å². The molecule has 130 valence electrons. The highest BCUT2D eigenvalue weighted by Crippen LogP contribution is 2.34. The summed E-state index contributed by atoms with van der Waals surface area (Å²) in [5.74, 6) is 0.747. The zero-order valence-corrected chi connectivity index (χ0v) is 14.4. The molecule has 5 nitrogen and oxygen atoms in total. The van der Waals surface area contributed by atoms with Gasteiger partial charge in [0.1, 0.15) is 0 Å². The Morgan fingerprint density at radius 2 is 1.50 bits per heavy atom. The third kappa shape index (κ3) is 3.34. The van der Waals surface area contributed by atoms with E-state index >= 15 is 0 Å². The van der Waals surface area contributed by atoms with Crippen LogP contribution in [0.5, 0.6) is 11.5 Å². The monoisotopic (exact) mass is 366 g/mol. The van der Waals surface area contributed by atoms with Gasteiger partial charge in [-0.3, -0.25) is 9.78 Å². The number of pyridine rings is 1. The van der Waals surface area contributed by atoms with Crippen molar-refractivity contribution in [3.8, 4) is 11.5 Å². The molecule has 2 heterocycles. The second kappa shape index (κ2) is 7.06. The number of rotatable bonds is 4. The van der Waals surface area contributed by atoms with Crippen LogP contribution in [0.1, 0.15) is 17.2 Å². The number of para-hydroxylation sites is 2. The third-order valence-electron chi connectivity index (χ3n) is 4.06. The number of carbonyl (C=O) groups is 1. The molecule has 1 N–H and O–H groups in total. The standard InChI is InChI=1S/C20H15ClN2O3/c21-15-7-5-13(6-8-15)18(14-9-11-22-12-10-14)23-19(24)20-25-16-3-1-2-4-17(16)26-20/h1-12,18,20H,(H,23,24)/t18-/m1/s1. The van der Waals surface area contributed by atoms with Crippen molar-refractivity contribution < 1.29 is 14.3 Å². The van der Waals surface area contributed by atoms with E-state index in [0.717, 1.165) is 11.1 Å². The maximum atomic E-state index is 12.7. The number of halogens is 1. The van der Waals surface area contributed by atoms with E-state index in [-0.39, 0.29) is 11.9 Å². The summed E-state index contributed by atoms with van der Waals surface area (Å²) in [6, 6.07) is 17.8. The number of aromatic nitrogens is 1. The molecule has 1 amide bonds. The summed E-state index contributed by atoms with van der Waals surface area (Å²) < 4.78 is 11.2. The van der Waals surface area contributed by atoms with E-state index in [9.17, 15) is 4.79 Å². The summed E-state index contributed by atoms with van der Waals surface area (Å²) >= 11 is 5.99. The highest BCUT2D eigenvalue weighted by atomic mass is 35.5. The Labute approximate surface area is 155 Å². The highest BCUT2D eigenvalue weighted by Gasteiger charge is 2.32. The molecular weight excluding hydrogens is 352 g/mol. The van der Waals surface area contributed by atoms with Crippen molar-refractivity contribution in [2.45, 2.75) is 12.3 Å². The first-order valence-electron chi connectivity index (χ1n) is 8.09. The number of ether oxygens (including phenoxy) is 2. The molecule has 1 aromatic heterocycles. The molecule has 0 unspecified atom stereocenters. The van der Waals surface area contributed by atoms with Gasteiger partial charge in [-0.15, -0.1) is 0 Å². The maximum absolute atomic E-state index is 12.7. The Hall–Kier alpha value is -3.05. The fourth-order valence-electron chi connectivity index (χ4n) is 2.79. The summed E-state index contributed by atoms with van der Waals surface area (Å²) in [5.41, 5.74) is 1.79. The van der Waals surface area contributed by atoms with Gasteiger partial charge in [-0.1, -0.05) is 35.9 Å². The quantitative estimate of drug-likeness (QED) is 0.764. The van der Waals surface area contributed by atoms with Crippen molar-refractivity contribution >= 4 is 17.5 Å². The molecule has 1 aliphatic heterocycles. The van der Waals surface area contributed by atoms with E-state index in [0.29, 0.717) is 16.5 Å². The fourth-order valence-corrected chi connectivity index (χ4v) is 2.91. The lowest BCUT2D eigenvalue weighted by Gasteiger charge is -2.21. The van der Waals surface area contributed by atoms with Gasteiger partial charge in [-0.05, 0) is 47.5 Å². The van der Waals surface area contributed by atoms with Crippen molar-refractivity contribution in [3.05, 3.63) is 89.2 Å². The summed E-state index contributed by atoms with van der Waals surface area (Å²) in [6.07, 6.45) is 2.34. The van der Waals surface area contributed by atoms with Gasteiger partial charge >= 0.3 is 12.2 Å². The van der Waals surface area contributed by atoms with Gasteiger partial charge in [0.15, 0.2) is 11.5 Å². The molecule has 1 aliphatic rings. The van der Waals surface area contributed by atoms with E-state index in [1.54, 1.807) is 36.7 Å². The molecule has 0 spiro atoms. The normalized spacial score (nSPS) is 14.0. The van der Waals surface area contributed by atoms with E-state index in [4.69, 9.17) is 21.1 Å². The number of amides is 1. The minimum absolute atomic E-state index is 0.363. The van der Waals surface area contributed by atoms with Crippen LogP contribution in [0.3, 0.4) is 0 Å². The lowest BCUT2D eigenvalue weighted by atomic mass is 9.99. The van der Waals surface area contributed by atoms with Crippen LogP contribution in [0.15, 0.2) is 73.1 Å².